The fraction of sp³-hybridized carbons (Fsp3) is 0.250. The zero-order valence-electron chi connectivity index (χ0n) is 18.4. The smallest absolute Gasteiger partial charge is 0.417 e. The van der Waals surface area contributed by atoms with Crippen LogP contribution in [-0.4, -0.2) is 32.7 Å². The largest absolute Gasteiger partial charge is 0.486 e. The van der Waals surface area contributed by atoms with Gasteiger partial charge in [0.05, 0.1) is 22.2 Å². The second-order valence-corrected chi connectivity index (χ2v) is 12.5. The van der Waals surface area contributed by atoms with Gasteiger partial charge in [0.1, 0.15) is 35.1 Å². The normalized spacial score (nSPS) is 13.8. The lowest BCUT2D eigenvalue weighted by Gasteiger charge is -2.16. The molecular formula is C20H19ClF3N3O6PS2+. The summed E-state index contributed by atoms with van der Waals surface area (Å²) < 4.78 is 90.2. The van der Waals surface area contributed by atoms with Gasteiger partial charge in [0.25, 0.3) is 10.0 Å². The number of hydrogen-bond donors (Lipinski definition) is 3. The number of hydrogen-bond acceptors (Lipinski definition) is 7. The van der Waals surface area contributed by atoms with Crippen molar-refractivity contribution in [1.82, 2.24) is 4.72 Å². The van der Waals surface area contributed by atoms with Crippen LogP contribution >= 0.6 is 30.5 Å². The Morgan fingerprint density at radius 2 is 2.00 bits per heavy atom. The van der Waals surface area contributed by atoms with E-state index in [1.54, 1.807) is 12.1 Å². The van der Waals surface area contributed by atoms with Crippen LogP contribution in [0, 0.1) is 18.3 Å². The SMILES string of the molecule is Cc1c(S(=O)(=O)NCP(=O)(O)Oc2ccc(C#N)c(C(F)(F)F)c2)sc2ccc(OCC[NH3+])c(Cl)c12. The van der Waals surface area contributed by atoms with Gasteiger partial charge in [-0.05, 0) is 42.8 Å². The molecule has 2 aromatic carbocycles. The standard InChI is InChI=1S/C20H18ClF3N3O6PS2/c1-11-17-16(5-4-15(18(17)21)32-7-6-25)35-19(11)36(30,31)27-10-34(28,29)33-13-3-2-12(9-26)14(8-13)20(22,23)24/h2-5,8,27H,6-7,10,25H2,1H3,(H,28,29)/p+1. The second kappa shape index (κ2) is 10.5. The van der Waals surface area contributed by atoms with Gasteiger partial charge in [-0.2, -0.15) is 23.2 Å². The Morgan fingerprint density at radius 1 is 1.31 bits per heavy atom. The zero-order valence-corrected chi connectivity index (χ0v) is 21.7. The monoisotopic (exact) mass is 584 g/mol. The van der Waals surface area contributed by atoms with Gasteiger partial charge in [-0.3, -0.25) is 0 Å². The van der Waals surface area contributed by atoms with Crippen LogP contribution in [0.25, 0.3) is 10.1 Å². The van der Waals surface area contributed by atoms with Gasteiger partial charge in [-0.1, -0.05) is 11.6 Å². The van der Waals surface area contributed by atoms with E-state index in [9.17, 15) is 31.0 Å². The Kier molecular flexibility index (Phi) is 8.26. The Morgan fingerprint density at radius 3 is 2.61 bits per heavy atom. The predicted molar refractivity (Wildman–Crippen MR) is 127 cm³/mol. The summed E-state index contributed by atoms with van der Waals surface area (Å²) in [7, 11) is -9.14. The second-order valence-electron chi connectivity index (χ2n) is 7.32. The highest BCUT2D eigenvalue weighted by Gasteiger charge is 2.35. The van der Waals surface area contributed by atoms with Crippen molar-refractivity contribution in [2.75, 3.05) is 19.4 Å². The van der Waals surface area contributed by atoms with Crippen molar-refractivity contribution in [3.63, 3.8) is 0 Å². The molecular weight excluding hydrogens is 566 g/mol. The summed E-state index contributed by atoms with van der Waals surface area (Å²) in [5.41, 5.74) is 1.88. The van der Waals surface area contributed by atoms with Gasteiger partial charge in [-0.15, -0.1) is 11.3 Å². The number of alkyl halides is 3. The van der Waals surface area contributed by atoms with E-state index in [2.05, 4.69) is 5.73 Å². The van der Waals surface area contributed by atoms with Crippen molar-refractivity contribution in [3.05, 3.63) is 52.0 Å². The van der Waals surface area contributed by atoms with Crippen LogP contribution in [0.4, 0.5) is 13.2 Å². The topological polar surface area (TPSA) is 153 Å². The zero-order chi connectivity index (χ0) is 26.9. The summed E-state index contributed by atoms with van der Waals surface area (Å²) in [5, 5.41) is 9.48. The average Bonchev–Trinajstić information content (AvgIpc) is 3.14. The van der Waals surface area contributed by atoms with Gasteiger partial charge < -0.3 is 19.9 Å². The Labute approximate surface area is 212 Å². The van der Waals surface area contributed by atoms with Gasteiger partial charge in [0.15, 0.2) is 0 Å². The number of rotatable bonds is 9. The van der Waals surface area contributed by atoms with Crippen molar-refractivity contribution in [3.8, 4) is 17.6 Å². The lowest BCUT2D eigenvalue weighted by molar-refractivity contribution is -0.370. The highest BCUT2D eigenvalue weighted by atomic mass is 35.5. The minimum Gasteiger partial charge on any atom is -0.486 e. The minimum absolute atomic E-state index is 0.175. The van der Waals surface area contributed by atoms with Crippen molar-refractivity contribution < 1.29 is 46.0 Å². The van der Waals surface area contributed by atoms with E-state index in [-0.39, 0.29) is 14.8 Å². The Hall–Kier alpha value is -2.37. The number of nitriles is 1. The van der Waals surface area contributed by atoms with E-state index in [1.165, 1.54) is 13.0 Å². The molecule has 0 amide bonds. The molecule has 3 aromatic rings. The highest BCUT2D eigenvalue weighted by molar-refractivity contribution is 7.92. The van der Waals surface area contributed by atoms with Crippen LogP contribution in [0.2, 0.25) is 5.02 Å². The molecule has 1 heterocycles. The van der Waals surface area contributed by atoms with Crippen LogP contribution in [0.5, 0.6) is 11.5 Å². The molecule has 1 unspecified atom stereocenters. The molecule has 0 saturated carbocycles. The van der Waals surface area contributed by atoms with E-state index in [0.29, 0.717) is 35.1 Å². The van der Waals surface area contributed by atoms with Gasteiger partial charge in [-0.25, -0.2) is 13.0 Å². The first-order valence-corrected chi connectivity index (χ1v) is 14.4. The number of nitrogens with one attached hydrogen (secondary N) is 1. The van der Waals surface area contributed by atoms with Crippen LogP contribution in [-0.2, 0) is 20.8 Å². The molecule has 0 aliphatic rings. The molecule has 0 radical (unpaired) electrons. The molecule has 5 N–H and O–H groups in total. The predicted octanol–water partition coefficient (Wildman–Crippen LogP) is 3.87. The fourth-order valence-corrected chi connectivity index (χ4v) is 7.87. The summed E-state index contributed by atoms with van der Waals surface area (Å²) in [5.74, 6) is -0.314. The third-order valence-electron chi connectivity index (χ3n) is 4.72. The maximum absolute atomic E-state index is 13.1. The third kappa shape index (κ3) is 6.12. The van der Waals surface area contributed by atoms with Gasteiger partial charge >= 0.3 is 13.8 Å². The van der Waals surface area contributed by atoms with Crippen molar-refractivity contribution in [1.29, 1.82) is 5.26 Å². The number of sulfonamides is 1. The number of fused-ring (bicyclic) bond motifs is 1. The van der Waals surface area contributed by atoms with Crippen LogP contribution in [0.15, 0.2) is 34.5 Å². The Bertz CT molecular complexity index is 1510. The van der Waals surface area contributed by atoms with Crippen LogP contribution in [0.1, 0.15) is 16.7 Å². The third-order valence-corrected chi connectivity index (χ3v) is 9.64. The number of halogens is 4. The highest BCUT2D eigenvalue weighted by Crippen LogP contribution is 2.45. The molecule has 0 bridgehead atoms. The molecule has 36 heavy (non-hydrogen) atoms. The summed E-state index contributed by atoms with van der Waals surface area (Å²) in [6, 6.07) is 6.65. The van der Waals surface area contributed by atoms with E-state index in [0.717, 1.165) is 23.5 Å². The number of ether oxygens (including phenoxy) is 1. The molecule has 0 spiro atoms. The first-order chi connectivity index (χ1) is 16.7. The number of quaternary nitrogens is 1. The molecule has 0 aliphatic heterocycles. The summed E-state index contributed by atoms with van der Waals surface area (Å²) >= 11 is 7.26. The maximum Gasteiger partial charge on any atom is 0.417 e. The maximum atomic E-state index is 13.1. The first-order valence-electron chi connectivity index (χ1n) is 9.96. The minimum atomic E-state index is -4.91. The molecule has 3 rings (SSSR count). The van der Waals surface area contributed by atoms with Gasteiger partial charge in [0.2, 0.25) is 0 Å². The van der Waals surface area contributed by atoms with E-state index >= 15 is 0 Å². The number of nitrogens with zero attached hydrogens (tertiary/aromatic N) is 1. The summed E-state index contributed by atoms with van der Waals surface area (Å²) in [6.07, 6.45) is -6.04. The molecule has 194 valence electrons. The molecule has 0 saturated heterocycles. The number of thiophene rings is 1. The van der Waals surface area contributed by atoms with Crippen molar-refractivity contribution >= 4 is 50.6 Å². The van der Waals surface area contributed by atoms with E-state index in [1.807, 2.05) is 4.72 Å². The van der Waals surface area contributed by atoms with E-state index < -0.39 is 47.0 Å². The van der Waals surface area contributed by atoms with E-state index in [4.69, 9.17) is 26.1 Å². The average molecular weight is 585 g/mol. The molecule has 16 heteroatoms. The fourth-order valence-electron chi connectivity index (χ4n) is 3.14. The first kappa shape index (κ1) is 28.2. The quantitative estimate of drug-likeness (QED) is 0.323. The molecule has 1 atom stereocenters. The number of aryl methyl sites for hydroxylation is 1. The lowest BCUT2D eigenvalue weighted by atomic mass is 10.1. The number of benzene rings is 2. The van der Waals surface area contributed by atoms with Gasteiger partial charge in [0, 0.05) is 10.1 Å². The molecule has 1 aromatic heterocycles. The summed E-state index contributed by atoms with van der Waals surface area (Å²) in [4.78, 5) is 10.1. The molecule has 9 nitrogen and oxygen atoms in total. The lowest BCUT2D eigenvalue weighted by Crippen LogP contribution is -2.52. The summed E-state index contributed by atoms with van der Waals surface area (Å²) in [6.45, 7) is 2.30. The Balaban J connectivity index is 1.83. The molecule has 0 fully saturated rings. The molecule has 0 aliphatic carbocycles. The van der Waals surface area contributed by atoms with Crippen molar-refractivity contribution in [2.45, 2.75) is 17.3 Å². The van der Waals surface area contributed by atoms with Crippen LogP contribution in [0.3, 0.4) is 0 Å². The van der Waals surface area contributed by atoms with Crippen LogP contribution < -0.4 is 19.7 Å². The van der Waals surface area contributed by atoms with Crippen molar-refractivity contribution in [2.24, 2.45) is 0 Å².